The topological polar surface area (TPSA) is 49.6 Å². The van der Waals surface area contributed by atoms with Crippen LogP contribution >= 0.6 is 15.9 Å². The van der Waals surface area contributed by atoms with Crippen molar-refractivity contribution in [2.24, 2.45) is 5.73 Å². The van der Waals surface area contributed by atoms with Gasteiger partial charge in [-0.15, -0.1) is 0 Å². The second-order valence-corrected chi connectivity index (χ2v) is 7.00. The third kappa shape index (κ3) is 3.12. The lowest BCUT2D eigenvalue weighted by Gasteiger charge is -2.35. The van der Waals surface area contributed by atoms with E-state index in [1.54, 1.807) is 0 Å². The summed E-state index contributed by atoms with van der Waals surface area (Å²) in [5.41, 5.74) is 10.7. The molecule has 4 nitrogen and oxygen atoms in total. The van der Waals surface area contributed by atoms with Crippen LogP contribution in [-0.2, 0) is 6.42 Å². The number of hydrogen-bond acceptors (Lipinski definition) is 3. The van der Waals surface area contributed by atoms with E-state index in [0.29, 0.717) is 5.56 Å². The number of carbonyl (C=O) groups excluding carboxylic acids is 1. The number of para-hydroxylation sites is 1. The summed E-state index contributed by atoms with van der Waals surface area (Å²) < 4.78 is 1.07. The highest BCUT2D eigenvalue weighted by atomic mass is 79.9. The Morgan fingerprint density at radius 2 is 2.04 bits per heavy atom. The normalized spacial score (nSPS) is 13.0. The van der Waals surface area contributed by atoms with Crippen LogP contribution in [0.4, 0.5) is 11.4 Å². The molecular weight excluding hydrogens is 354 g/mol. The number of halogens is 1. The molecule has 0 spiro atoms. The summed E-state index contributed by atoms with van der Waals surface area (Å²) in [6.45, 7) is 1.70. The Labute approximate surface area is 145 Å². The van der Waals surface area contributed by atoms with Crippen LogP contribution < -0.4 is 10.6 Å². The van der Waals surface area contributed by atoms with Crippen molar-refractivity contribution in [2.75, 3.05) is 32.1 Å². The molecule has 3 rings (SSSR count). The molecule has 0 unspecified atom stereocenters. The fourth-order valence-corrected chi connectivity index (χ4v) is 3.48. The molecule has 0 bridgehead atoms. The Kier molecular flexibility index (Phi) is 4.41. The average molecular weight is 374 g/mol. The molecule has 23 heavy (non-hydrogen) atoms. The van der Waals surface area contributed by atoms with E-state index < -0.39 is 0 Å². The summed E-state index contributed by atoms with van der Waals surface area (Å²) in [6, 6.07) is 12.1. The average Bonchev–Trinajstić information content (AvgIpc) is 2.50. The maximum Gasteiger partial charge on any atom is 0.250 e. The molecule has 2 N–H and O–H groups in total. The van der Waals surface area contributed by atoms with Gasteiger partial charge in [-0.1, -0.05) is 28.1 Å². The van der Waals surface area contributed by atoms with Crippen LogP contribution in [0.15, 0.2) is 40.9 Å². The zero-order valence-electron chi connectivity index (χ0n) is 13.3. The van der Waals surface area contributed by atoms with Gasteiger partial charge in [0.1, 0.15) is 0 Å². The number of carbonyl (C=O) groups is 1. The second-order valence-electron chi connectivity index (χ2n) is 6.08. The van der Waals surface area contributed by atoms with Crippen molar-refractivity contribution in [3.05, 3.63) is 57.6 Å². The molecule has 1 aliphatic heterocycles. The molecule has 1 amide bonds. The van der Waals surface area contributed by atoms with Crippen molar-refractivity contribution in [1.29, 1.82) is 0 Å². The van der Waals surface area contributed by atoms with Gasteiger partial charge in [0, 0.05) is 29.7 Å². The van der Waals surface area contributed by atoms with Gasteiger partial charge >= 0.3 is 0 Å². The first kappa shape index (κ1) is 16.0. The third-order valence-corrected chi connectivity index (χ3v) is 4.63. The molecule has 0 fully saturated rings. The van der Waals surface area contributed by atoms with Crippen LogP contribution in [0.3, 0.4) is 0 Å². The zero-order valence-corrected chi connectivity index (χ0v) is 14.9. The monoisotopic (exact) mass is 373 g/mol. The fourth-order valence-electron chi connectivity index (χ4n) is 3.07. The van der Waals surface area contributed by atoms with E-state index in [4.69, 9.17) is 5.73 Å². The van der Waals surface area contributed by atoms with E-state index in [2.05, 4.69) is 43.9 Å². The summed E-state index contributed by atoms with van der Waals surface area (Å²) in [4.78, 5) is 16.3. The highest BCUT2D eigenvalue weighted by molar-refractivity contribution is 9.10. The number of hydrogen-bond donors (Lipinski definition) is 1. The van der Waals surface area contributed by atoms with Crippen molar-refractivity contribution in [2.45, 2.75) is 6.42 Å². The molecule has 120 valence electrons. The molecule has 0 aromatic heterocycles. The number of fused-ring (bicyclic) bond motifs is 2. The lowest BCUT2D eigenvalue weighted by Crippen LogP contribution is -2.33. The number of nitrogens with two attached hydrogens (primary N) is 1. The van der Waals surface area contributed by atoms with Gasteiger partial charge in [-0.2, -0.15) is 0 Å². The van der Waals surface area contributed by atoms with Gasteiger partial charge in [0.2, 0.25) is 0 Å². The van der Waals surface area contributed by atoms with E-state index in [0.717, 1.165) is 40.9 Å². The molecule has 0 radical (unpaired) electrons. The second kappa shape index (κ2) is 6.34. The van der Waals surface area contributed by atoms with E-state index in [1.165, 1.54) is 5.56 Å². The molecule has 0 atom stereocenters. The molecule has 0 saturated heterocycles. The highest BCUT2D eigenvalue weighted by Crippen LogP contribution is 2.41. The largest absolute Gasteiger partial charge is 0.366 e. The summed E-state index contributed by atoms with van der Waals surface area (Å²) in [5, 5.41) is 0. The zero-order chi connectivity index (χ0) is 16.6. The molecule has 1 aliphatic rings. The maximum atomic E-state index is 11.9. The number of primary amides is 1. The summed E-state index contributed by atoms with van der Waals surface area (Å²) in [6.07, 6.45) is 0.809. The minimum absolute atomic E-state index is 0.378. The lowest BCUT2D eigenvalue weighted by molar-refractivity contribution is 0.100. The minimum Gasteiger partial charge on any atom is -0.366 e. The van der Waals surface area contributed by atoms with Crippen molar-refractivity contribution >= 4 is 33.2 Å². The Morgan fingerprint density at radius 3 is 2.74 bits per heavy atom. The van der Waals surface area contributed by atoms with Gasteiger partial charge in [0.05, 0.1) is 11.3 Å². The Balaban J connectivity index is 2.14. The molecule has 0 aliphatic carbocycles. The molecule has 2 aromatic carbocycles. The highest BCUT2D eigenvalue weighted by Gasteiger charge is 2.26. The van der Waals surface area contributed by atoms with Crippen LogP contribution in [0.1, 0.15) is 21.5 Å². The van der Waals surface area contributed by atoms with Gasteiger partial charge in [-0.3, -0.25) is 4.79 Å². The SMILES string of the molecule is CN(C)CCN1c2ccc(Br)cc2Cc2cccc(C(N)=O)c21. The first-order chi connectivity index (χ1) is 11.0. The van der Waals surface area contributed by atoms with Crippen molar-refractivity contribution < 1.29 is 4.79 Å². The van der Waals surface area contributed by atoms with Crippen LogP contribution in [0.5, 0.6) is 0 Å². The molecular formula is C18H20BrN3O. The van der Waals surface area contributed by atoms with Gasteiger partial charge in [-0.05, 0) is 49.5 Å². The first-order valence-electron chi connectivity index (χ1n) is 7.60. The van der Waals surface area contributed by atoms with E-state index in [1.807, 2.05) is 32.3 Å². The smallest absolute Gasteiger partial charge is 0.250 e. The fraction of sp³-hybridized carbons (Fsp3) is 0.278. The minimum atomic E-state index is -0.378. The number of rotatable bonds is 4. The van der Waals surface area contributed by atoms with Gasteiger partial charge < -0.3 is 15.5 Å². The van der Waals surface area contributed by atoms with Crippen molar-refractivity contribution in [3.8, 4) is 0 Å². The molecule has 5 heteroatoms. The molecule has 2 aromatic rings. The quantitative estimate of drug-likeness (QED) is 0.895. The van der Waals surface area contributed by atoms with Crippen molar-refractivity contribution in [1.82, 2.24) is 4.90 Å². The van der Waals surface area contributed by atoms with Gasteiger partial charge in [-0.25, -0.2) is 0 Å². The Morgan fingerprint density at radius 1 is 1.26 bits per heavy atom. The number of amides is 1. The standard InChI is InChI=1S/C18H20BrN3O/c1-21(2)8-9-22-16-7-6-14(19)11-13(16)10-12-4-3-5-15(17(12)22)18(20)23/h3-7,11H,8-10H2,1-2H3,(H2,20,23). The Hall–Kier alpha value is -1.85. The molecule has 1 heterocycles. The maximum absolute atomic E-state index is 11.9. The number of anilines is 2. The number of nitrogens with zero attached hydrogens (tertiary/aromatic N) is 2. The van der Waals surface area contributed by atoms with E-state index in [-0.39, 0.29) is 5.91 Å². The molecule has 0 saturated carbocycles. The number of benzene rings is 2. The Bertz CT molecular complexity index is 758. The number of likely N-dealkylation sites (N-methyl/N-ethyl adjacent to an activating group) is 1. The van der Waals surface area contributed by atoms with Gasteiger partial charge in [0.15, 0.2) is 0 Å². The summed E-state index contributed by atoms with van der Waals surface area (Å²) in [7, 11) is 4.10. The first-order valence-corrected chi connectivity index (χ1v) is 8.39. The predicted molar refractivity (Wildman–Crippen MR) is 97.5 cm³/mol. The van der Waals surface area contributed by atoms with Crippen LogP contribution in [0, 0.1) is 0 Å². The van der Waals surface area contributed by atoms with E-state index in [9.17, 15) is 4.79 Å². The lowest BCUT2D eigenvalue weighted by atomic mass is 9.92. The summed E-state index contributed by atoms with van der Waals surface area (Å²) >= 11 is 3.55. The summed E-state index contributed by atoms with van der Waals surface area (Å²) in [5.74, 6) is -0.378. The van der Waals surface area contributed by atoms with Crippen LogP contribution in [0.25, 0.3) is 0 Å². The van der Waals surface area contributed by atoms with E-state index >= 15 is 0 Å². The van der Waals surface area contributed by atoms with Crippen molar-refractivity contribution in [3.63, 3.8) is 0 Å². The van der Waals surface area contributed by atoms with Gasteiger partial charge in [0.25, 0.3) is 5.91 Å². The third-order valence-electron chi connectivity index (χ3n) is 4.14. The van der Waals surface area contributed by atoms with Crippen LogP contribution in [-0.4, -0.2) is 38.0 Å². The van der Waals surface area contributed by atoms with Crippen LogP contribution in [0.2, 0.25) is 0 Å². The predicted octanol–water partition coefficient (Wildman–Crippen LogP) is 3.15.